The number of rotatable bonds is 8. The van der Waals surface area contributed by atoms with Gasteiger partial charge in [-0.05, 0) is 56.2 Å². The van der Waals surface area contributed by atoms with Crippen LogP contribution in [0.1, 0.15) is 41.1 Å². The molecule has 3 aromatic rings. The standard InChI is InChI=1S/C25H27NO3S/c1-17-9-13-21(14-10-17)22-15-16-30-23(22)25(28)29-19(3)24(27)26-18(2)11-12-20-7-5-4-6-8-20/h4-10,13-16,18-19H,11-12H2,1-3H3,(H,26,27)/t18-,19-/m0/s1. The van der Waals surface area contributed by atoms with E-state index in [1.807, 2.05) is 67.8 Å². The maximum atomic E-state index is 12.7. The van der Waals surface area contributed by atoms with Gasteiger partial charge in [0.25, 0.3) is 5.91 Å². The summed E-state index contributed by atoms with van der Waals surface area (Å²) in [4.78, 5) is 25.7. The third-order valence-corrected chi connectivity index (χ3v) is 5.86. The van der Waals surface area contributed by atoms with Crippen LogP contribution >= 0.6 is 11.3 Å². The maximum Gasteiger partial charge on any atom is 0.349 e. The van der Waals surface area contributed by atoms with Gasteiger partial charge < -0.3 is 10.1 Å². The zero-order valence-corrected chi connectivity index (χ0v) is 18.4. The molecule has 1 heterocycles. The van der Waals surface area contributed by atoms with Crippen molar-refractivity contribution >= 4 is 23.2 Å². The molecule has 1 aromatic heterocycles. The molecule has 0 aliphatic rings. The minimum Gasteiger partial charge on any atom is -0.448 e. The van der Waals surface area contributed by atoms with E-state index in [-0.39, 0.29) is 11.9 Å². The first kappa shape index (κ1) is 21.8. The number of thiophene rings is 1. The molecule has 0 bridgehead atoms. The van der Waals surface area contributed by atoms with Crippen molar-refractivity contribution in [3.05, 3.63) is 82.0 Å². The van der Waals surface area contributed by atoms with Crippen LogP contribution in [0.15, 0.2) is 66.0 Å². The molecule has 2 atom stereocenters. The number of aryl methyl sites for hydroxylation is 2. The van der Waals surface area contributed by atoms with Crippen molar-refractivity contribution in [2.45, 2.75) is 45.8 Å². The summed E-state index contributed by atoms with van der Waals surface area (Å²) in [6, 6.07) is 20.0. The molecule has 1 amide bonds. The van der Waals surface area contributed by atoms with Crippen LogP contribution in [0.5, 0.6) is 0 Å². The summed E-state index contributed by atoms with van der Waals surface area (Å²) in [5, 5.41) is 4.80. The smallest absolute Gasteiger partial charge is 0.349 e. The average molecular weight is 422 g/mol. The molecule has 4 nitrogen and oxygen atoms in total. The Morgan fingerprint density at radius 2 is 1.70 bits per heavy atom. The topological polar surface area (TPSA) is 55.4 Å². The van der Waals surface area contributed by atoms with Crippen molar-refractivity contribution in [3.8, 4) is 11.1 Å². The molecule has 156 valence electrons. The summed E-state index contributed by atoms with van der Waals surface area (Å²) in [6.45, 7) is 5.59. The number of ether oxygens (including phenoxy) is 1. The van der Waals surface area contributed by atoms with E-state index in [2.05, 4.69) is 17.4 Å². The van der Waals surface area contributed by atoms with Gasteiger partial charge in [0.2, 0.25) is 0 Å². The van der Waals surface area contributed by atoms with Gasteiger partial charge in [-0.1, -0.05) is 60.2 Å². The number of carbonyl (C=O) groups is 2. The van der Waals surface area contributed by atoms with Crippen LogP contribution < -0.4 is 5.32 Å². The van der Waals surface area contributed by atoms with Crippen LogP contribution in [-0.2, 0) is 16.0 Å². The second-order valence-electron chi connectivity index (χ2n) is 7.51. The van der Waals surface area contributed by atoms with Gasteiger partial charge in [-0.2, -0.15) is 0 Å². The van der Waals surface area contributed by atoms with Gasteiger partial charge in [0.15, 0.2) is 6.10 Å². The minimum absolute atomic E-state index is 0.0104. The first-order chi connectivity index (χ1) is 14.4. The predicted octanol–water partition coefficient (Wildman–Crippen LogP) is 5.41. The fourth-order valence-corrected chi connectivity index (χ4v) is 3.95. The molecule has 0 fully saturated rings. The van der Waals surface area contributed by atoms with E-state index < -0.39 is 12.1 Å². The molecule has 0 spiro atoms. The first-order valence-electron chi connectivity index (χ1n) is 10.1. The normalized spacial score (nSPS) is 12.8. The van der Waals surface area contributed by atoms with Gasteiger partial charge in [-0.25, -0.2) is 4.79 Å². The quantitative estimate of drug-likeness (QED) is 0.495. The predicted molar refractivity (Wildman–Crippen MR) is 122 cm³/mol. The molecule has 5 heteroatoms. The fourth-order valence-electron chi connectivity index (χ4n) is 3.16. The highest BCUT2D eigenvalue weighted by atomic mass is 32.1. The number of esters is 1. The molecule has 0 aliphatic heterocycles. The molecular weight excluding hydrogens is 394 g/mol. The SMILES string of the molecule is Cc1ccc(-c2ccsc2C(=O)O[C@@H](C)C(=O)N[C@@H](C)CCc2ccccc2)cc1. The van der Waals surface area contributed by atoms with Crippen LogP contribution in [-0.4, -0.2) is 24.0 Å². The largest absolute Gasteiger partial charge is 0.448 e. The lowest BCUT2D eigenvalue weighted by atomic mass is 10.1. The molecular formula is C25H27NO3S. The fraction of sp³-hybridized carbons (Fsp3) is 0.280. The lowest BCUT2D eigenvalue weighted by Crippen LogP contribution is -2.41. The van der Waals surface area contributed by atoms with Gasteiger partial charge in [0.05, 0.1) is 0 Å². The van der Waals surface area contributed by atoms with E-state index in [4.69, 9.17) is 4.74 Å². The van der Waals surface area contributed by atoms with E-state index >= 15 is 0 Å². The highest BCUT2D eigenvalue weighted by Gasteiger charge is 2.23. The van der Waals surface area contributed by atoms with Crippen molar-refractivity contribution in [3.63, 3.8) is 0 Å². The minimum atomic E-state index is -0.857. The van der Waals surface area contributed by atoms with Crippen LogP contribution in [0.2, 0.25) is 0 Å². The Hall–Kier alpha value is -2.92. The van der Waals surface area contributed by atoms with Crippen molar-refractivity contribution < 1.29 is 14.3 Å². The highest BCUT2D eigenvalue weighted by molar-refractivity contribution is 7.12. The maximum absolute atomic E-state index is 12.7. The Balaban J connectivity index is 1.54. The number of amides is 1. The third kappa shape index (κ3) is 5.80. The number of hydrogen-bond donors (Lipinski definition) is 1. The Labute approximate surface area is 181 Å². The van der Waals surface area contributed by atoms with Gasteiger partial charge in [-0.3, -0.25) is 4.79 Å². The van der Waals surface area contributed by atoms with Crippen molar-refractivity contribution in [2.24, 2.45) is 0 Å². The van der Waals surface area contributed by atoms with Gasteiger partial charge in [0.1, 0.15) is 4.88 Å². The molecule has 0 aliphatic carbocycles. The third-order valence-electron chi connectivity index (χ3n) is 4.96. The molecule has 0 saturated heterocycles. The molecule has 3 rings (SSSR count). The van der Waals surface area contributed by atoms with Crippen LogP contribution in [0.25, 0.3) is 11.1 Å². The summed E-state index contributed by atoms with van der Waals surface area (Å²) in [5.74, 6) is -0.752. The lowest BCUT2D eigenvalue weighted by Gasteiger charge is -2.18. The Morgan fingerprint density at radius 1 is 1.00 bits per heavy atom. The van der Waals surface area contributed by atoms with E-state index in [1.165, 1.54) is 16.9 Å². The first-order valence-corrected chi connectivity index (χ1v) is 11.0. The summed E-state index contributed by atoms with van der Waals surface area (Å²) in [5.41, 5.74) is 4.18. The average Bonchev–Trinajstić information content (AvgIpc) is 3.23. The monoisotopic (exact) mass is 421 g/mol. The number of benzene rings is 2. The van der Waals surface area contributed by atoms with E-state index in [0.717, 1.165) is 29.5 Å². The molecule has 2 aromatic carbocycles. The number of carbonyl (C=O) groups excluding carboxylic acids is 2. The molecule has 0 radical (unpaired) electrons. The molecule has 1 N–H and O–H groups in total. The summed E-state index contributed by atoms with van der Waals surface area (Å²) < 4.78 is 5.47. The van der Waals surface area contributed by atoms with Gasteiger partial charge in [0, 0.05) is 11.6 Å². The zero-order valence-electron chi connectivity index (χ0n) is 17.6. The number of hydrogen-bond acceptors (Lipinski definition) is 4. The van der Waals surface area contributed by atoms with Crippen molar-refractivity contribution in [2.75, 3.05) is 0 Å². The molecule has 30 heavy (non-hydrogen) atoms. The summed E-state index contributed by atoms with van der Waals surface area (Å²) in [7, 11) is 0. The number of nitrogens with one attached hydrogen (secondary N) is 1. The molecule has 0 saturated carbocycles. The Kier molecular flexibility index (Phi) is 7.41. The second kappa shape index (κ2) is 10.2. The summed E-state index contributed by atoms with van der Waals surface area (Å²) in [6.07, 6.45) is 0.842. The van der Waals surface area contributed by atoms with Crippen molar-refractivity contribution in [1.82, 2.24) is 5.32 Å². The van der Waals surface area contributed by atoms with E-state index in [9.17, 15) is 9.59 Å². The molecule has 0 unspecified atom stereocenters. The second-order valence-corrected chi connectivity index (χ2v) is 8.43. The van der Waals surface area contributed by atoms with Crippen LogP contribution in [0, 0.1) is 6.92 Å². The zero-order chi connectivity index (χ0) is 21.5. The Morgan fingerprint density at radius 3 is 2.40 bits per heavy atom. The van der Waals surface area contributed by atoms with Crippen LogP contribution in [0.4, 0.5) is 0 Å². The van der Waals surface area contributed by atoms with Gasteiger partial charge >= 0.3 is 5.97 Å². The van der Waals surface area contributed by atoms with E-state index in [0.29, 0.717) is 4.88 Å². The lowest BCUT2D eigenvalue weighted by molar-refractivity contribution is -0.129. The Bertz CT molecular complexity index is 979. The highest BCUT2D eigenvalue weighted by Crippen LogP contribution is 2.29. The van der Waals surface area contributed by atoms with Gasteiger partial charge in [-0.15, -0.1) is 11.3 Å². The van der Waals surface area contributed by atoms with Crippen molar-refractivity contribution in [1.29, 1.82) is 0 Å². The van der Waals surface area contributed by atoms with Crippen LogP contribution in [0.3, 0.4) is 0 Å². The van der Waals surface area contributed by atoms with E-state index in [1.54, 1.807) is 6.92 Å². The summed E-state index contributed by atoms with van der Waals surface area (Å²) >= 11 is 1.32.